The van der Waals surface area contributed by atoms with Crippen molar-refractivity contribution in [2.45, 2.75) is 20.3 Å². The first kappa shape index (κ1) is 16.1. The van der Waals surface area contributed by atoms with Gasteiger partial charge in [-0.05, 0) is 38.1 Å². The molecular formula is C19H19N7. The zero-order chi connectivity index (χ0) is 17.9. The standard InChI is InChI=1S/C19H19N7/c1-13-14(2)22-19(15-6-5-9-20-12-15)23-18(13)21-10-8-17-25-24-16-7-3-4-11-26(16)17/h3-7,9,11-12H,8,10H2,1-2H3,(H,21,22,23). The topological polar surface area (TPSA) is 80.9 Å². The van der Waals surface area contributed by atoms with E-state index in [-0.39, 0.29) is 0 Å². The lowest BCUT2D eigenvalue weighted by molar-refractivity contribution is 0.865. The minimum absolute atomic E-state index is 0.677. The fourth-order valence-corrected chi connectivity index (χ4v) is 2.78. The number of pyridine rings is 2. The molecule has 0 saturated heterocycles. The summed E-state index contributed by atoms with van der Waals surface area (Å²) >= 11 is 0. The predicted octanol–water partition coefficient (Wildman–Crippen LogP) is 2.85. The van der Waals surface area contributed by atoms with E-state index in [2.05, 4.69) is 30.5 Å². The van der Waals surface area contributed by atoms with Crippen LogP contribution >= 0.6 is 0 Å². The van der Waals surface area contributed by atoms with Crippen molar-refractivity contribution >= 4 is 11.5 Å². The zero-order valence-electron chi connectivity index (χ0n) is 14.7. The van der Waals surface area contributed by atoms with Crippen molar-refractivity contribution in [3.05, 3.63) is 66.0 Å². The van der Waals surface area contributed by atoms with Crippen molar-refractivity contribution < 1.29 is 0 Å². The van der Waals surface area contributed by atoms with E-state index in [1.807, 2.05) is 54.8 Å². The average molecular weight is 345 g/mol. The van der Waals surface area contributed by atoms with Crippen molar-refractivity contribution in [2.75, 3.05) is 11.9 Å². The molecule has 4 aromatic rings. The minimum Gasteiger partial charge on any atom is -0.369 e. The van der Waals surface area contributed by atoms with Crippen LogP contribution in [0.2, 0.25) is 0 Å². The van der Waals surface area contributed by atoms with E-state index in [1.165, 1.54) is 0 Å². The highest BCUT2D eigenvalue weighted by atomic mass is 15.2. The maximum atomic E-state index is 4.68. The van der Waals surface area contributed by atoms with Crippen LogP contribution in [0.4, 0.5) is 5.82 Å². The fourth-order valence-electron chi connectivity index (χ4n) is 2.78. The molecular weight excluding hydrogens is 326 g/mol. The van der Waals surface area contributed by atoms with Crippen molar-refractivity contribution in [3.8, 4) is 11.4 Å². The third kappa shape index (κ3) is 3.11. The van der Waals surface area contributed by atoms with Crippen LogP contribution in [0.3, 0.4) is 0 Å². The predicted molar refractivity (Wildman–Crippen MR) is 99.9 cm³/mol. The Hall–Kier alpha value is -3.35. The van der Waals surface area contributed by atoms with Crippen LogP contribution < -0.4 is 5.32 Å². The molecule has 0 aromatic carbocycles. The number of aryl methyl sites for hydroxylation is 1. The van der Waals surface area contributed by atoms with Crippen molar-refractivity contribution in [2.24, 2.45) is 0 Å². The fraction of sp³-hybridized carbons (Fsp3) is 0.211. The van der Waals surface area contributed by atoms with Gasteiger partial charge in [0, 0.05) is 48.4 Å². The van der Waals surface area contributed by atoms with E-state index in [1.54, 1.807) is 12.4 Å². The van der Waals surface area contributed by atoms with E-state index in [0.717, 1.165) is 40.5 Å². The first-order valence-electron chi connectivity index (χ1n) is 8.50. The van der Waals surface area contributed by atoms with E-state index in [4.69, 9.17) is 0 Å². The Kier molecular flexibility index (Phi) is 4.27. The molecule has 0 atom stereocenters. The summed E-state index contributed by atoms with van der Waals surface area (Å²) in [6, 6.07) is 9.73. The van der Waals surface area contributed by atoms with Crippen LogP contribution in [0.15, 0.2) is 48.9 Å². The van der Waals surface area contributed by atoms with Gasteiger partial charge in [0.15, 0.2) is 11.5 Å². The molecule has 0 unspecified atom stereocenters. The third-order valence-corrected chi connectivity index (χ3v) is 4.33. The molecule has 26 heavy (non-hydrogen) atoms. The molecule has 4 heterocycles. The van der Waals surface area contributed by atoms with Gasteiger partial charge >= 0.3 is 0 Å². The lowest BCUT2D eigenvalue weighted by atomic mass is 10.2. The summed E-state index contributed by atoms with van der Waals surface area (Å²) in [6.07, 6.45) is 6.24. The molecule has 0 amide bonds. The summed E-state index contributed by atoms with van der Waals surface area (Å²) in [5, 5.41) is 11.9. The molecule has 0 bridgehead atoms. The van der Waals surface area contributed by atoms with Crippen LogP contribution in [0, 0.1) is 13.8 Å². The molecule has 0 aliphatic carbocycles. The van der Waals surface area contributed by atoms with Crippen LogP contribution in [0.5, 0.6) is 0 Å². The smallest absolute Gasteiger partial charge is 0.163 e. The maximum absolute atomic E-state index is 4.68. The summed E-state index contributed by atoms with van der Waals surface area (Å²) < 4.78 is 2.00. The second kappa shape index (κ2) is 6.87. The number of anilines is 1. The molecule has 7 nitrogen and oxygen atoms in total. The average Bonchev–Trinajstić information content (AvgIpc) is 3.09. The van der Waals surface area contributed by atoms with E-state index >= 15 is 0 Å². The summed E-state index contributed by atoms with van der Waals surface area (Å²) in [4.78, 5) is 13.4. The Morgan fingerprint density at radius 2 is 1.96 bits per heavy atom. The maximum Gasteiger partial charge on any atom is 0.163 e. The molecule has 4 rings (SSSR count). The van der Waals surface area contributed by atoms with Crippen molar-refractivity contribution in [1.29, 1.82) is 0 Å². The molecule has 7 heteroatoms. The summed E-state index contributed by atoms with van der Waals surface area (Å²) in [5.41, 5.74) is 3.76. The van der Waals surface area contributed by atoms with Gasteiger partial charge in [-0.3, -0.25) is 9.38 Å². The third-order valence-electron chi connectivity index (χ3n) is 4.33. The highest BCUT2D eigenvalue weighted by molar-refractivity contribution is 5.58. The monoisotopic (exact) mass is 345 g/mol. The van der Waals surface area contributed by atoms with Gasteiger partial charge in [-0.1, -0.05) is 6.07 Å². The molecule has 0 aliphatic rings. The number of nitrogens with zero attached hydrogens (tertiary/aromatic N) is 6. The molecule has 0 radical (unpaired) electrons. The molecule has 0 spiro atoms. The first-order chi connectivity index (χ1) is 12.7. The molecule has 4 aromatic heterocycles. The number of hydrogen-bond acceptors (Lipinski definition) is 6. The van der Waals surface area contributed by atoms with E-state index in [0.29, 0.717) is 12.4 Å². The Balaban J connectivity index is 1.53. The molecule has 1 N–H and O–H groups in total. The van der Waals surface area contributed by atoms with Gasteiger partial charge in [0.1, 0.15) is 11.6 Å². The summed E-state index contributed by atoms with van der Waals surface area (Å²) in [6.45, 7) is 4.73. The Bertz CT molecular complexity index is 1040. The first-order valence-corrected chi connectivity index (χ1v) is 8.50. The Morgan fingerprint density at radius 3 is 2.81 bits per heavy atom. The quantitative estimate of drug-likeness (QED) is 0.599. The minimum atomic E-state index is 0.677. The highest BCUT2D eigenvalue weighted by Crippen LogP contribution is 2.21. The number of rotatable bonds is 5. The molecule has 130 valence electrons. The molecule has 0 aliphatic heterocycles. The highest BCUT2D eigenvalue weighted by Gasteiger charge is 2.10. The summed E-state index contributed by atoms with van der Waals surface area (Å²) in [7, 11) is 0. The Morgan fingerprint density at radius 1 is 1.04 bits per heavy atom. The number of hydrogen-bond donors (Lipinski definition) is 1. The van der Waals surface area contributed by atoms with Gasteiger partial charge in [-0.2, -0.15) is 0 Å². The van der Waals surface area contributed by atoms with E-state index in [9.17, 15) is 0 Å². The van der Waals surface area contributed by atoms with E-state index < -0.39 is 0 Å². The van der Waals surface area contributed by atoms with Gasteiger partial charge in [-0.25, -0.2) is 9.97 Å². The lowest BCUT2D eigenvalue weighted by Gasteiger charge is -2.12. The largest absolute Gasteiger partial charge is 0.369 e. The van der Waals surface area contributed by atoms with Crippen molar-refractivity contribution in [3.63, 3.8) is 0 Å². The number of fused-ring (bicyclic) bond motifs is 1. The van der Waals surface area contributed by atoms with Crippen LogP contribution in [-0.2, 0) is 6.42 Å². The number of aromatic nitrogens is 6. The second-order valence-corrected chi connectivity index (χ2v) is 6.07. The van der Waals surface area contributed by atoms with Gasteiger partial charge in [0.25, 0.3) is 0 Å². The normalized spacial score (nSPS) is 11.0. The zero-order valence-corrected chi connectivity index (χ0v) is 14.7. The molecule has 0 fully saturated rings. The lowest BCUT2D eigenvalue weighted by Crippen LogP contribution is -2.11. The van der Waals surface area contributed by atoms with Crippen LogP contribution in [-0.4, -0.2) is 36.1 Å². The SMILES string of the molecule is Cc1nc(-c2cccnc2)nc(NCCc2nnc3ccccn23)c1C. The van der Waals surface area contributed by atoms with Gasteiger partial charge in [0.2, 0.25) is 0 Å². The Labute approximate surface area is 151 Å². The van der Waals surface area contributed by atoms with Gasteiger partial charge < -0.3 is 5.32 Å². The van der Waals surface area contributed by atoms with Crippen molar-refractivity contribution in [1.82, 2.24) is 29.5 Å². The van der Waals surface area contributed by atoms with Gasteiger partial charge in [0.05, 0.1) is 0 Å². The van der Waals surface area contributed by atoms with Gasteiger partial charge in [-0.15, -0.1) is 10.2 Å². The second-order valence-electron chi connectivity index (χ2n) is 6.07. The summed E-state index contributed by atoms with van der Waals surface area (Å²) in [5.74, 6) is 2.44. The number of nitrogens with one attached hydrogen (secondary N) is 1. The van der Waals surface area contributed by atoms with Crippen LogP contribution in [0.1, 0.15) is 17.1 Å². The van der Waals surface area contributed by atoms with Crippen LogP contribution in [0.25, 0.3) is 17.0 Å². The molecule has 0 saturated carbocycles.